The van der Waals surface area contributed by atoms with E-state index in [9.17, 15) is 5.11 Å². The van der Waals surface area contributed by atoms with E-state index >= 15 is 0 Å². The molecule has 0 spiro atoms. The molecule has 0 aromatic rings. The summed E-state index contributed by atoms with van der Waals surface area (Å²) in [5.41, 5.74) is 0. The molecule has 0 aliphatic heterocycles. The lowest BCUT2D eigenvalue weighted by molar-refractivity contribution is 0.107. The number of hydrogen-bond acceptors (Lipinski definition) is 3. The van der Waals surface area contributed by atoms with Gasteiger partial charge in [0.2, 0.25) is 0 Å². The van der Waals surface area contributed by atoms with Crippen molar-refractivity contribution in [1.82, 2.24) is 10.2 Å². The van der Waals surface area contributed by atoms with E-state index in [0.717, 1.165) is 25.6 Å². The van der Waals surface area contributed by atoms with Crippen molar-refractivity contribution in [1.29, 1.82) is 0 Å². The molecule has 0 aliphatic rings. The van der Waals surface area contributed by atoms with Gasteiger partial charge in [0.25, 0.3) is 0 Å². The molecule has 2 unspecified atom stereocenters. The maximum Gasteiger partial charge on any atom is 0.0791 e. The van der Waals surface area contributed by atoms with Crippen LogP contribution in [0.2, 0.25) is 0 Å². The van der Waals surface area contributed by atoms with Gasteiger partial charge in [0.15, 0.2) is 0 Å². The second-order valence-electron chi connectivity index (χ2n) is 4.08. The minimum absolute atomic E-state index is 0.246. The second-order valence-corrected chi connectivity index (χ2v) is 4.08. The zero-order chi connectivity index (χ0) is 11.0. The van der Waals surface area contributed by atoms with Crippen molar-refractivity contribution in [2.75, 3.05) is 33.2 Å². The molecule has 2 N–H and O–H groups in total. The van der Waals surface area contributed by atoms with Crippen LogP contribution in [-0.2, 0) is 0 Å². The summed E-state index contributed by atoms with van der Waals surface area (Å²) in [7, 11) is 1.87. The molecule has 0 bridgehead atoms. The predicted octanol–water partition coefficient (Wildman–Crippen LogP) is 0.935. The first-order valence-corrected chi connectivity index (χ1v) is 5.68. The highest BCUT2D eigenvalue weighted by atomic mass is 16.3. The van der Waals surface area contributed by atoms with Crippen molar-refractivity contribution in [3.8, 4) is 0 Å². The first-order chi connectivity index (χ1) is 6.63. The van der Waals surface area contributed by atoms with Gasteiger partial charge in [-0.2, -0.15) is 0 Å². The molecule has 0 aromatic heterocycles. The molecule has 2 atom stereocenters. The fraction of sp³-hybridized carbons (Fsp3) is 1.00. The number of hydrogen-bond donors (Lipinski definition) is 2. The SMILES string of the molecule is CCC(C)CN(CC)CC(O)CNC. The molecule has 0 fully saturated rings. The predicted molar refractivity (Wildman–Crippen MR) is 61.5 cm³/mol. The lowest BCUT2D eigenvalue weighted by Crippen LogP contribution is -2.39. The van der Waals surface area contributed by atoms with E-state index in [1.165, 1.54) is 6.42 Å². The summed E-state index contributed by atoms with van der Waals surface area (Å²) < 4.78 is 0. The Bertz CT molecular complexity index is 130. The van der Waals surface area contributed by atoms with Crippen molar-refractivity contribution in [2.24, 2.45) is 5.92 Å². The van der Waals surface area contributed by atoms with E-state index in [4.69, 9.17) is 0 Å². The number of aliphatic hydroxyl groups excluding tert-OH is 1. The lowest BCUT2D eigenvalue weighted by Gasteiger charge is -2.26. The van der Waals surface area contributed by atoms with Crippen LogP contribution in [0.25, 0.3) is 0 Å². The summed E-state index contributed by atoms with van der Waals surface area (Å²) in [6.45, 7) is 10.2. The molecular formula is C11H26N2O. The van der Waals surface area contributed by atoms with Crippen LogP contribution in [0.3, 0.4) is 0 Å². The van der Waals surface area contributed by atoms with Crippen LogP contribution in [0.15, 0.2) is 0 Å². The van der Waals surface area contributed by atoms with E-state index in [-0.39, 0.29) is 6.10 Å². The normalized spacial score (nSPS) is 15.9. The van der Waals surface area contributed by atoms with Gasteiger partial charge in [-0.05, 0) is 19.5 Å². The molecule has 0 heterocycles. The van der Waals surface area contributed by atoms with Crippen LogP contribution in [-0.4, -0.2) is 49.3 Å². The Morgan fingerprint density at radius 1 is 1.29 bits per heavy atom. The summed E-state index contributed by atoms with van der Waals surface area (Å²) in [5.74, 6) is 0.719. The third-order valence-electron chi connectivity index (χ3n) is 2.62. The Kier molecular flexibility index (Phi) is 8.14. The molecule has 0 saturated carbocycles. The van der Waals surface area contributed by atoms with Gasteiger partial charge in [-0.1, -0.05) is 27.2 Å². The van der Waals surface area contributed by atoms with Crippen molar-refractivity contribution >= 4 is 0 Å². The number of nitrogens with one attached hydrogen (secondary N) is 1. The Balaban J connectivity index is 3.77. The number of nitrogens with zero attached hydrogens (tertiary/aromatic N) is 1. The summed E-state index contributed by atoms with van der Waals surface area (Å²) in [6, 6.07) is 0. The first-order valence-electron chi connectivity index (χ1n) is 5.68. The summed E-state index contributed by atoms with van der Waals surface area (Å²) in [6.07, 6.45) is 0.961. The lowest BCUT2D eigenvalue weighted by atomic mass is 10.1. The number of aliphatic hydroxyl groups is 1. The van der Waals surface area contributed by atoms with E-state index in [2.05, 4.69) is 31.0 Å². The third-order valence-corrected chi connectivity index (χ3v) is 2.62. The zero-order valence-electron chi connectivity index (χ0n) is 10.1. The molecule has 3 nitrogen and oxygen atoms in total. The van der Waals surface area contributed by atoms with Gasteiger partial charge < -0.3 is 15.3 Å². The summed E-state index contributed by atoms with van der Waals surface area (Å²) in [4.78, 5) is 2.32. The monoisotopic (exact) mass is 202 g/mol. The zero-order valence-corrected chi connectivity index (χ0v) is 10.1. The van der Waals surface area contributed by atoms with E-state index < -0.39 is 0 Å². The van der Waals surface area contributed by atoms with Crippen LogP contribution in [0.1, 0.15) is 27.2 Å². The average molecular weight is 202 g/mol. The minimum atomic E-state index is -0.246. The van der Waals surface area contributed by atoms with Gasteiger partial charge in [0, 0.05) is 19.6 Å². The van der Waals surface area contributed by atoms with E-state index in [0.29, 0.717) is 6.54 Å². The maximum atomic E-state index is 9.63. The summed E-state index contributed by atoms with van der Waals surface area (Å²) in [5, 5.41) is 12.6. The number of likely N-dealkylation sites (N-methyl/N-ethyl adjacent to an activating group) is 2. The van der Waals surface area contributed by atoms with Gasteiger partial charge >= 0.3 is 0 Å². The van der Waals surface area contributed by atoms with Gasteiger partial charge in [0.05, 0.1) is 6.10 Å². The summed E-state index contributed by atoms with van der Waals surface area (Å²) >= 11 is 0. The van der Waals surface area contributed by atoms with Crippen molar-refractivity contribution in [3.63, 3.8) is 0 Å². The molecular weight excluding hydrogens is 176 g/mol. The Morgan fingerprint density at radius 2 is 1.93 bits per heavy atom. The topological polar surface area (TPSA) is 35.5 Å². The molecule has 0 amide bonds. The largest absolute Gasteiger partial charge is 0.390 e. The molecule has 3 heteroatoms. The minimum Gasteiger partial charge on any atom is -0.390 e. The standard InChI is InChI=1S/C11H26N2O/c1-5-10(3)8-13(6-2)9-11(14)7-12-4/h10-12,14H,5-9H2,1-4H3. The van der Waals surface area contributed by atoms with Crippen molar-refractivity contribution in [3.05, 3.63) is 0 Å². The Morgan fingerprint density at radius 3 is 2.36 bits per heavy atom. The second kappa shape index (κ2) is 8.21. The molecule has 14 heavy (non-hydrogen) atoms. The molecule has 0 aromatic carbocycles. The quantitative estimate of drug-likeness (QED) is 0.615. The van der Waals surface area contributed by atoms with Crippen molar-refractivity contribution < 1.29 is 5.11 Å². The highest BCUT2D eigenvalue weighted by Gasteiger charge is 2.11. The van der Waals surface area contributed by atoms with Crippen LogP contribution in [0.4, 0.5) is 0 Å². The van der Waals surface area contributed by atoms with Crippen LogP contribution in [0.5, 0.6) is 0 Å². The van der Waals surface area contributed by atoms with Crippen LogP contribution < -0.4 is 5.32 Å². The van der Waals surface area contributed by atoms with E-state index in [1.807, 2.05) is 7.05 Å². The molecule has 0 rings (SSSR count). The maximum absolute atomic E-state index is 9.63. The first kappa shape index (κ1) is 13.9. The fourth-order valence-corrected chi connectivity index (χ4v) is 1.50. The van der Waals surface area contributed by atoms with Crippen molar-refractivity contribution in [2.45, 2.75) is 33.3 Å². The van der Waals surface area contributed by atoms with Crippen LogP contribution >= 0.6 is 0 Å². The fourth-order valence-electron chi connectivity index (χ4n) is 1.50. The highest BCUT2D eigenvalue weighted by molar-refractivity contribution is 4.67. The van der Waals surface area contributed by atoms with Gasteiger partial charge in [-0.3, -0.25) is 0 Å². The molecule has 0 radical (unpaired) electrons. The highest BCUT2D eigenvalue weighted by Crippen LogP contribution is 2.04. The average Bonchev–Trinajstić information content (AvgIpc) is 2.16. The smallest absolute Gasteiger partial charge is 0.0791 e. The van der Waals surface area contributed by atoms with Gasteiger partial charge in [0.1, 0.15) is 0 Å². The van der Waals surface area contributed by atoms with E-state index in [1.54, 1.807) is 0 Å². The third kappa shape index (κ3) is 6.35. The van der Waals surface area contributed by atoms with Crippen LogP contribution in [0, 0.1) is 5.92 Å². The van der Waals surface area contributed by atoms with Gasteiger partial charge in [-0.15, -0.1) is 0 Å². The molecule has 0 saturated heterocycles. The number of rotatable bonds is 8. The molecule has 0 aliphatic carbocycles. The Hall–Kier alpha value is -0.120. The Labute approximate surface area is 88.5 Å². The van der Waals surface area contributed by atoms with Gasteiger partial charge in [-0.25, -0.2) is 0 Å². The molecule has 86 valence electrons.